The van der Waals surface area contributed by atoms with Crippen molar-refractivity contribution in [3.63, 3.8) is 0 Å². The molecule has 0 saturated carbocycles. The van der Waals surface area contributed by atoms with Crippen LogP contribution in [-0.2, 0) is 6.42 Å². The summed E-state index contributed by atoms with van der Waals surface area (Å²) in [6.45, 7) is 0. The van der Waals surface area contributed by atoms with E-state index in [0.717, 1.165) is 17.8 Å². The fourth-order valence-electron chi connectivity index (χ4n) is 2.03. The number of nitrogens with zero attached hydrogens (tertiary/aromatic N) is 2. The first-order valence-corrected chi connectivity index (χ1v) is 7.15. The quantitative estimate of drug-likeness (QED) is 0.790. The molecule has 1 aromatic carbocycles. The van der Waals surface area contributed by atoms with Crippen molar-refractivity contribution in [3.8, 4) is 5.69 Å². The molecular weight excluding hydrogens is 254 g/mol. The van der Waals surface area contributed by atoms with Crippen molar-refractivity contribution < 1.29 is 0 Å². The standard InChI is InChI=1S/C15H15N3S/c16-14(10-12-7-9-19-11-12)15-6-8-18(17-15)13-4-2-1-3-5-13/h1-9,11,14H,10,16H2. The SMILES string of the molecule is NC(Cc1ccsc1)c1ccn(-c2ccccc2)n1. The number of aromatic nitrogens is 2. The van der Waals surface area contributed by atoms with Crippen molar-refractivity contribution in [1.29, 1.82) is 0 Å². The van der Waals surface area contributed by atoms with Crippen LogP contribution in [0.25, 0.3) is 5.69 Å². The summed E-state index contributed by atoms with van der Waals surface area (Å²) in [7, 11) is 0. The molecule has 3 nitrogen and oxygen atoms in total. The second-order valence-electron chi connectivity index (χ2n) is 4.46. The maximum Gasteiger partial charge on any atom is 0.0799 e. The van der Waals surface area contributed by atoms with Gasteiger partial charge in [-0.3, -0.25) is 0 Å². The van der Waals surface area contributed by atoms with E-state index in [4.69, 9.17) is 5.73 Å². The molecule has 0 fully saturated rings. The summed E-state index contributed by atoms with van der Waals surface area (Å²) in [5, 5.41) is 8.76. The predicted octanol–water partition coefficient (Wildman–Crippen LogP) is 3.18. The lowest BCUT2D eigenvalue weighted by Crippen LogP contribution is -2.14. The van der Waals surface area contributed by atoms with E-state index in [-0.39, 0.29) is 6.04 Å². The van der Waals surface area contributed by atoms with Crippen LogP contribution in [0.4, 0.5) is 0 Å². The Morgan fingerprint density at radius 2 is 2.00 bits per heavy atom. The zero-order valence-electron chi connectivity index (χ0n) is 10.4. The van der Waals surface area contributed by atoms with Gasteiger partial charge in [0.25, 0.3) is 0 Å². The van der Waals surface area contributed by atoms with Crippen LogP contribution in [0.3, 0.4) is 0 Å². The van der Waals surface area contributed by atoms with Crippen LogP contribution in [0.15, 0.2) is 59.4 Å². The van der Waals surface area contributed by atoms with Gasteiger partial charge in [-0.15, -0.1) is 0 Å². The van der Waals surface area contributed by atoms with E-state index in [1.54, 1.807) is 11.3 Å². The Labute approximate surface area is 116 Å². The molecule has 2 heterocycles. The molecule has 19 heavy (non-hydrogen) atoms. The average Bonchev–Trinajstić information content (AvgIpc) is 3.10. The van der Waals surface area contributed by atoms with Crippen LogP contribution >= 0.6 is 11.3 Å². The molecule has 0 radical (unpaired) electrons. The van der Waals surface area contributed by atoms with Crippen molar-refractivity contribution in [2.45, 2.75) is 12.5 Å². The zero-order valence-corrected chi connectivity index (χ0v) is 11.3. The summed E-state index contributed by atoms with van der Waals surface area (Å²) in [5.74, 6) is 0. The molecule has 0 aliphatic carbocycles. The molecule has 0 aliphatic heterocycles. The van der Waals surface area contributed by atoms with Crippen LogP contribution in [0, 0.1) is 0 Å². The Morgan fingerprint density at radius 1 is 1.16 bits per heavy atom. The first kappa shape index (κ1) is 12.1. The van der Waals surface area contributed by atoms with Gasteiger partial charge in [0.05, 0.1) is 17.4 Å². The Kier molecular flexibility index (Phi) is 3.44. The summed E-state index contributed by atoms with van der Waals surface area (Å²) < 4.78 is 1.86. The minimum atomic E-state index is -0.0560. The molecule has 1 atom stereocenters. The predicted molar refractivity (Wildman–Crippen MR) is 78.5 cm³/mol. The molecule has 2 N–H and O–H groups in total. The highest BCUT2D eigenvalue weighted by Crippen LogP contribution is 2.17. The second kappa shape index (κ2) is 5.38. The van der Waals surface area contributed by atoms with E-state index in [1.165, 1.54) is 5.56 Å². The topological polar surface area (TPSA) is 43.8 Å². The van der Waals surface area contributed by atoms with E-state index in [1.807, 2.05) is 47.3 Å². The summed E-state index contributed by atoms with van der Waals surface area (Å²) in [6, 6.07) is 14.1. The molecule has 2 aromatic heterocycles. The Morgan fingerprint density at radius 3 is 2.74 bits per heavy atom. The van der Waals surface area contributed by atoms with Gasteiger partial charge in [-0.25, -0.2) is 4.68 Å². The van der Waals surface area contributed by atoms with Gasteiger partial charge in [-0.2, -0.15) is 16.4 Å². The van der Waals surface area contributed by atoms with Gasteiger partial charge >= 0.3 is 0 Å². The largest absolute Gasteiger partial charge is 0.322 e. The van der Waals surface area contributed by atoms with E-state index < -0.39 is 0 Å². The number of hydrogen-bond acceptors (Lipinski definition) is 3. The van der Waals surface area contributed by atoms with Gasteiger partial charge in [0.15, 0.2) is 0 Å². The fourth-order valence-corrected chi connectivity index (χ4v) is 2.71. The monoisotopic (exact) mass is 269 g/mol. The molecule has 0 bridgehead atoms. The first-order chi connectivity index (χ1) is 9.33. The number of nitrogens with two attached hydrogens (primary N) is 1. The van der Waals surface area contributed by atoms with Crippen molar-refractivity contribution in [3.05, 3.63) is 70.7 Å². The number of benzene rings is 1. The third-order valence-electron chi connectivity index (χ3n) is 3.05. The highest BCUT2D eigenvalue weighted by Gasteiger charge is 2.11. The molecule has 3 rings (SSSR count). The van der Waals surface area contributed by atoms with Crippen molar-refractivity contribution in [2.24, 2.45) is 5.73 Å². The summed E-state index contributed by atoms with van der Waals surface area (Å²) in [4.78, 5) is 0. The van der Waals surface area contributed by atoms with Crippen molar-refractivity contribution in [2.75, 3.05) is 0 Å². The maximum absolute atomic E-state index is 6.21. The number of thiophene rings is 1. The summed E-state index contributed by atoms with van der Waals surface area (Å²) >= 11 is 1.70. The van der Waals surface area contributed by atoms with Crippen LogP contribution in [0.1, 0.15) is 17.3 Å². The van der Waals surface area contributed by atoms with Gasteiger partial charge in [-0.1, -0.05) is 18.2 Å². The minimum absolute atomic E-state index is 0.0560. The number of para-hydroxylation sites is 1. The maximum atomic E-state index is 6.21. The summed E-state index contributed by atoms with van der Waals surface area (Å²) in [6.07, 6.45) is 2.79. The van der Waals surface area contributed by atoms with E-state index in [2.05, 4.69) is 21.9 Å². The smallest absolute Gasteiger partial charge is 0.0799 e. The van der Waals surface area contributed by atoms with Crippen molar-refractivity contribution >= 4 is 11.3 Å². The highest BCUT2D eigenvalue weighted by molar-refractivity contribution is 7.07. The van der Waals surface area contributed by atoms with Crippen LogP contribution in [0.2, 0.25) is 0 Å². The number of hydrogen-bond donors (Lipinski definition) is 1. The molecule has 1 unspecified atom stereocenters. The summed E-state index contributed by atoms with van der Waals surface area (Å²) in [5.41, 5.74) is 9.45. The van der Waals surface area contributed by atoms with Gasteiger partial charge in [0.1, 0.15) is 0 Å². The molecule has 0 aliphatic rings. The Balaban J connectivity index is 1.78. The lowest BCUT2D eigenvalue weighted by Gasteiger charge is -2.07. The van der Waals surface area contributed by atoms with E-state index >= 15 is 0 Å². The Hall–Kier alpha value is -1.91. The van der Waals surface area contributed by atoms with E-state index in [0.29, 0.717) is 0 Å². The number of rotatable bonds is 4. The Bertz CT molecular complexity index is 628. The normalized spacial score (nSPS) is 12.5. The van der Waals surface area contributed by atoms with Crippen LogP contribution < -0.4 is 5.73 Å². The molecule has 96 valence electrons. The fraction of sp³-hybridized carbons (Fsp3) is 0.133. The molecule has 0 amide bonds. The van der Waals surface area contributed by atoms with Crippen LogP contribution in [0.5, 0.6) is 0 Å². The third-order valence-corrected chi connectivity index (χ3v) is 3.78. The molecule has 0 spiro atoms. The molecular formula is C15H15N3S. The van der Waals surface area contributed by atoms with E-state index in [9.17, 15) is 0 Å². The van der Waals surface area contributed by atoms with Gasteiger partial charge in [0, 0.05) is 6.20 Å². The lowest BCUT2D eigenvalue weighted by molar-refractivity contribution is 0.679. The molecule has 4 heteroatoms. The molecule has 0 saturated heterocycles. The minimum Gasteiger partial charge on any atom is -0.322 e. The zero-order chi connectivity index (χ0) is 13.1. The first-order valence-electron chi connectivity index (χ1n) is 6.20. The van der Waals surface area contributed by atoms with Gasteiger partial charge in [0.2, 0.25) is 0 Å². The third kappa shape index (κ3) is 2.75. The lowest BCUT2D eigenvalue weighted by atomic mass is 10.1. The van der Waals surface area contributed by atoms with Gasteiger partial charge < -0.3 is 5.73 Å². The van der Waals surface area contributed by atoms with Crippen molar-refractivity contribution in [1.82, 2.24) is 9.78 Å². The second-order valence-corrected chi connectivity index (χ2v) is 5.24. The van der Waals surface area contributed by atoms with Gasteiger partial charge in [-0.05, 0) is 47.0 Å². The van der Waals surface area contributed by atoms with Crippen LogP contribution in [-0.4, -0.2) is 9.78 Å². The average molecular weight is 269 g/mol. The highest BCUT2D eigenvalue weighted by atomic mass is 32.1. The molecule has 3 aromatic rings.